The van der Waals surface area contributed by atoms with Crippen LogP contribution in [0.3, 0.4) is 0 Å². The van der Waals surface area contributed by atoms with Crippen molar-refractivity contribution in [2.24, 2.45) is 0 Å². The van der Waals surface area contributed by atoms with Crippen LogP contribution in [0.2, 0.25) is 0 Å². The van der Waals surface area contributed by atoms with Crippen molar-refractivity contribution in [2.75, 3.05) is 54.9 Å². The maximum absolute atomic E-state index is 6.28. The van der Waals surface area contributed by atoms with Gasteiger partial charge in [-0.3, -0.25) is 4.90 Å². The molecule has 0 fully saturated rings. The molecule has 3 rings (SSSR count). The number of hydrogen-bond donors (Lipinski definition) is 0. The Morgan fingerprint density at radius 2 is 1.61 bits per heavy atom. The van der Waals surface area contributed by atoms with E-state index in [4.69, 9.17) is 23.7 Å². The van der Waals surface area contributed by atoms with Gasteiger partial charge in [-0.2, -0.15) is 0 Å². The summed E-state index contributed by atoms with van der Waals surface area (Å²) >= 11 is 1.89. The minimum Gasteiger partial charge on any atom is -0.497 e. The zero-order chi connectivity index (χ0) is 21.7. The van der Waals surface area contributed by atoms with Crippen LogP contribution in [0.4, 0.5) is 0 Å². The van der Waals surface area contributed by atoms with E-state index < -0.39 is 0 Å². The molecule has 0 radical (unpaired) electrons. The minimum atomic E-state index is -0.213. The van der Waals surface area contributed by atoms with Gasteiger partial charge in [-0.25, -0.2) is 0 Å². The van der Waals surface area contributed by atoms with Crippen molar-refractivity contribution >= 4 is 24.2 Å². The van der Waals surface area contributed by atoms with Crippen LogP contribution in [0.5, 0.6) is 23.0 Å². The van der Waals surface area contributed by atoms with Crippen molar-refractivity contribution in [2.45, 2.75) is 23.5 Å². The maximum Gasteiger partial charge on any atom is 0.203 e. The first-order valence-corrected chi connectivity index (χ1v) is 10.8. The normalized spacial score (nSPS) is 17.5. The maximum atomic E-state index is 6.28. The number of rotatable bonds is 9. The van der Waals surface area contributed by atoms with Crippen LogP contribution in [0.1, 0.15) is 17.5 Å². The van der Waals surface area contributed by atoms with E-state index in [1.165, 1.54) is 10.5 Å². The summed E-state index contributed by atoms with van der Waals surface area (Å²) in [5, 5.41) is 0. The fourth-order valence-electron chi connectivity index (χ4n) is 3.89. The first kappa shape index (κ1) is 25.5. The largest absolute Gasteiger partial charge is 0.497 e. The Labute approximate surface area is 195 Å². The second kappa shape index (κ2) is 11.2. The van der Waals surface area contributed by atoms with Crippen LogP contribution < -0.4 is 18.9 Å². The van der Waals surface area contributed by atoms with E-state index in [0.717, 1.165) is 23.5 Å². The van der Waals surface area contributed by atoms with Crippen molar-refractivity contribution in [3.63, 3.8) is 0 Å². The van der Waals surface area contributed by atoms with Gasteiger partial charge in [-0.05, 0) is 62.0 Å². The molecule has 2 aromatic rings. The third-order valence-electron chi connectivity index (χ3n) is 5.65. The van der Waals surface area contributed by atoms with Crippen molar-refractivity contribution < 1.29 is 23.7 Å². The monoisotopic (exact) mass is 469 g/mol. The summed E-state index contributed by atoms with van der Waals surface area (Å²) in [6.07, 6.45) is 1.00. The molecular weight excluding hydrogens is 438 g/mol. The molecule has 1 aliphatic rings. The summed E-state index contributed by atoms with van der Waals surface area (Å²) in [7, 11) is 10.8. The molecule has 2 aromatic carbocycles. The molecule has 1 heterocycles. The van der Waals surface area contributed by atoms with Gasteiger partial charge in [0, 0.05) is 10.6 Å². The number of likely N-dealkylation sites (N-methyl/N-ethyl adjacent to an activating group) is 1. The van der Waals surface area contributed by atoms with Crippen molar-refractivity contribution in [1.82, 2.24) is 4.90 Å². The molecule has 0 bridgehead atoms. The molecule has 0 N–H and O–H groups in total. The summed E-state index contributed by atoms with van der Waals surface area (Å²) in [5.74, 6) is 3.75. The highest BCUT2D eigenvalue weighted by molar-refractivity contribution is 7.99. The molecule has 1 aliphatic heterocycles. The zero-order valence-corrected chi connectivity index (χ0v) is 20.7. The molecule has 0 aromatic heterocycles. The standard InChI is InChI=1S/C23H31NO5S.ClH/c1-24(2)23(9-10-30-21-8-7-17(25-3)13-18(21)23)15-29-14-16-11-19(26-4)22(28-6)20(12-16)27-5;/h7-8,11-13H,9-10,14-15H2,1-6H3;1H. The fourth-order valence-corrected chi connectivity index (χ4v) is 5.12. The van der Waals surface area contributed by atoms with Gasteiger partial charge >= 0.3 is 0 Å². The molecule has 0 saturated carbocycles. The number of hydrogen-bond acceptors (Lipinski definition) is 7. The Bertz CT molecular complexity index is 854. The van der Waals surface area contributed by atoms with Gasteiger partial charge in [0.25, 0.3) is 0 Å². The highest BCUT2D eigenvalue weighted by atomic mass is 35.5. The van der Waals surface area contributed by atoms with Crippen LogP contribution in [0.15, 0.2) is 35.2 Å². The average molecular weight is 470 g/mol. The topological polar surface area (TPSA) is 49.4 Å². The zero-order valence-electron chi connectivity index (χ0n) is 19.0. The Kier molecular flexibility index (Phi) is 9.18. The van der Waals surface area contributed by atoms with E-state index in [1.54, 1.807) is 28.4 Å². The fraction of sp³-hybridized carbons (Fsp3) is 0.478. The average Bonchev–Trinajstić information content (AvgIpc) is 2.77. The molecule has 8 heteroatoms. The molecule has 172 valence electrons. The lowest BCUT2D eigenvalue weighted by molar-refractivity contribution is 0.0000692. The predicted octanol–water partition coefficient (Wildman–Crippen LogP) is 4.61. The van der Waals surface area contributed by atoms with Crippen molar-refractivity contribution in [3.8, 4) is 23.0 Å². The van der Waals surface area contributed by atoms with Crippen LogP contribution in [-0.2, 0) is 16.9 Å². The lowest BCUT2D eigenvalue weighted by atomic mass is 9.86. The second-order valence-electron chi connectivity index (χ2n) is 7.41. The van der Waals surface area contributed by atoms with Crippen LogP contribution in [0.25, 0.3) is 0 Å². The second-order valence-corrected chi connectivity index (χ2v) is 8.55. The molecule has 6 nitrogen and oxygen atoms in total. The number of halogens is 1. The quantitative estimate of drug-likeness (QED) is 0.531. The number of methoxy groups -OCH3 is 4. The van der Waals surface area contributed by atoms with E-state index >= 15 is 0 Å². The molecule has 1 atom stereocenters. The van der Waals surface area contributed by atoms with E-state index in [0.29, 0.717) is 30.5 Å². The number of nitrogens with zero attached hydrogens (tertiary/aromatic N) is 1. The summed E-state index contributed by atoms with van der Waals surface area (Å²) in [5.41, 5.74) is 2.01. The first-order valence-electron chi connectivity index (χ1n) is 9.84. The Morgan fingerprint density at radius 3 is 2.16 bits per heavy atom. The van der Waals surface area contributed by atoms with Gasteiger partial charge in [0.15, 0.2) is 11.5 Å². The van der Waals surface area contributed by atoms with Crippen LogP contribution in [-0.4, -0.2) is 59.8 Å². The predicted molar refractivity (Wildman–Crippen MR) is 127 cm³/mol. The molecule has 0 saturated heterocycles. The smallest absolute Gasteiger partial charge is 0.203 e. The van der Waals surface area contributed by atoms with Gasteiger partial charge in [0.1, 0.15) is 5.75 Å². The van der Waals surface area contributed by atoms with Gasteiger partial charge in [-0.1, -0.05) is 0 Å². The van der Waals surface area contributed by atoms with Gasteiger partial charge < -0.3 is 23.7 Å². The van der Waals surface area contributed by atoms with E-state index in [-0.39, 0.29) is 17.9 Å². The highest BCUT2D eigenvalue weighted by Crippen LogP contribution is 2.45. The Morgan fingerprint density at radius 1 is 0.935 bits per heavy atom. The molecule has 0 amide bonds. The molecule has 0 spiro atoms. The Balaban J connectivity index is 0.00000341. The van der Waals surface area contributed by atoms with Gasteiger partial charge in [-0.15, -0.1) is 24.2 Å². The molecule has 1 unspecified atom stereocenters. The summed E-state index contributed by atoms with van der Waals surface area (Å²) < 4.78 is 28.1. The number of ether oxygens (including phenoxy) is 5. The molecule has 0 aliphatic carbocycles. The van der Waals surface area contributed by atoms with Gasteiger partial charge in [0.05, 0.1) is 47.2 Å². The van der Waals surface area contributed by atoms with E-state index in [2.05, 4.69) is 31.1 Å². The number of thioether (sulfide) groups is 1. The minimum absolute atomic E-state index is 0. The highest BCUT2D eigenvalue weighted by Gasteiger charge is 2.39. The lowest BCUT2D eigenvalue weighted by Gasteiger charge is -2.44. The van der Waals surface area contributed by atoms with Crippen LogP contribution >= 0.6 is 24.2 Å². The Hall–Kier alpha value is -1.80. The van der Waals surface area contributed by atoms with E-state index in [9.17, 15) is 0 Å². The van der Waals surface area contributed by atoms with Crippen LogP contribution in [0, 0.1) is 0 Å². The van der Waals surface area contributed by atoms with Crippen molar-refractivity contribution in [1.29, 1.82) is 0 Å². The summed E-state index contributed by atoms with van der Waals surface area (Å²) in [6.45, 7) is 1.01. The van der Waals surface area contributed by atoms with Gasteiger partial charge in [0.2, 0.25) is 5.75 Å². The first-order chi connectivity index (χ1) is 14.5. The number of fused-ring (bicyclic) bond motifs is 1. The summed E-state index contributed by atoms with van der Waals surface area (Å²) in [4.78, 5) is 3.55. The van der Waals surface area contributed by atoms with Crippen molar-refractivity contribution in [3.05, 3.63) is 41.5 Å². The number of benzene rings is 2. The van der Waals surface area contributed by atoms with E-state index in [1.807, 2.05) is 30.0 Å². The summed E-state index contributed by atoms with van der Waals surface area (Å²) in [6, 6.07) is 10.2. The molecular formula is C23H32ClNO5S. The third kappa shape index (κ3) is 5.17. The third-order valence-corrected chi connectivity index (χ3v) is 6.73. The lowest BCUT2D eigenvalue weighted by Crippen LogP contribution is -2.47. The SMILES string of the molecule is COc1ccc2c(c1)C(COCc1cc(OC)c(OC)c(OC)c1)(N(C)C)CCS2.Cl. The molecule has 31 heavy (non-hydrogen) atoms.